The third-order valence-corrected chi connectivity index (χ3v) is 2.56. The highest BCUT2D eigenvalue weighted by molar-refractivity contribution is 5.82. The van der Waals surface area contributed by atoms with Gasteiger partial charge in [-0.1, -0.05) is 11.5 Å². The summed E-state index contributed by atoms with van der Waals surface area (Å²) in [5.74, 6) is 0.745. The molecule has 0 heterocycles. The van der Waals surface area contributed by atoms with Crippen LogP contribution in [0.1, 0.15) is 38.5 Å². The second-order valence-corrected chi connectivity index (χ2v) is 3.51. The summed E-state index contributed by atoms with van der Waals surface area (Å²) < 4.78 is 0. The number of azide groups is 1. The Balaban J connectivity index is 2.05. The summed E-state index contributed by atoms with van der Waals surface area (Å²) in [4.78, 5) is 13.9. The fourth-order valence-electron chi connectivity index (χ4n) is 1.81. The lowest BCUT2D eigenvalue weighted by Crippen LogP contribution is -2.05. The van der Waals surface area contributed by atoms with Crippen LogP contribution < -0.4 is 0 Å². The first-order valence-corrected chi connectivity index (χ1v) is 4.88. The summed E-state index contributed by atoms with van der Waals surface area (Å²) in [6.07, 6.45) is 5.82. The maximum absolute atomic E-state index is 11.2. The van der Waals surface area contributed by atoms with Crippen LogP contribution in [0.25, 0.3) is 10.4 Å². The van der Waals surface area contributed by atoms with Crippen LogP contribution in [-0.4, -0.2) is 12.3 Å². The van der Waals surface area contributed by atoms with E-state index in [4.69, 9.17) is 5.53 Å². The van der Waals surface area contributed by atoms with Crippen LogP contribution in [0.4, 0.5) is 0 Å². The molecule has 4 heteroatoms. The standard InChI is InChI=1S/C9H15N3O/c10-12-11-7-2-1-4-8-5-3-6-9(8)13/h8H,1-7H2. The number of Topliss-reactive ketones (excluding diaryl/α,β-unsaturated/α-hetero) is 1. The second-order valence-electron chi connectivity index (χ2n) is 3.51. The van der Waals surface area contributed by atoms with Crippen molar-refractivity contribution in [2.45, 2.75) is 38.5 Å². The van der Waals surface area contributed by atoms with E-state index in [2.05, 4.69) is 10.0 Å². The summed E-state index contributed by atoms with van der Waals surface area (Å²) >= 11 is 0. The van der Waals surface area contributed by atoms with Crippen molar-refractivity contribution >= 4 is 5.78 Å². The Hall–Kier alpha value is -1.02. The minimum atomic E-state index is 0.311. The molecule has 72 valence electrons. The number of hydrogen-bond donors (Lipinski definition) is 0. The number of carbonyl (C=O) groups excluding carboxylic acids is 1. The number of ketones is 1. The minimum Gasteiger partial charge on any atom is -0.299 e. The Morgan fingerprint density at radius 3 is 3.00 bits per heavy atom. The van der Waals surface area contributed by atoms with Gasteiger partial charge in [0.1, 0.15) is 5.78 Å². The largest absolute Gasteiger partial charge is 0.299 e. The molecule has 0 aromatic heterocycles. The van der Waals surface area contributed by atoms with Gasteiger partial charge in [0.15, 0.2) is 0 Å². The van der Waals surface area contributed by atoms with Gasteiger partial charge in [0, 0.05) is 23.8 Å². The molecule has 1 fully saturated rings. The molecule has 0 bridgehead atoms. The van der Waals surface area contributed by atoms with E-state index in [1.807, 2.05) is 0 Å². The summed E-state index contributed by atoms with van der Waals surface area (Å²) in [6, 6.07) is 0. The molecule has 1 aliphatic rings. The lowest BCUT2D eigenvalue weighted by Gasteiger charge is -2.05. The lowest BCUT2D eigenvalue weighted by atomic mass is 10.00. The normalized spacial score (nSPS) is 21.5. The monoisotopic (exact) mass is 181 g/mol. The molecule has 1 rings (SSSR count). The van der Waals surface area contributed by atoms with Crippen molar-refractivity contribution in [3.05, 3.63) is 10.4 Å². The smallest absolute Gasteiger partial charge is 0.135 e. The first-order chi connectivity index (χ1) is 6.34. The number of carbonyl (C=O) groups is 1. The summed E-state index contributed by atoms with van der Waals surface area (Å²) in [5, 5.41) is 3.45. The van der Waals surface area contributed by atoms with Gasteiger partial charge < -0.3 is 0 Å². The third-order valence-electron chi connectivity index (χ3n) is 2.56. The van der Waals surface area contributed by atoms with Crippen LogP contribution in [-0.2, 0) is 4.79 Å². The van der Waals surface area contributed by atoms with E-state index in [1.165, 1.54) is 0 Å². The topological polar surface area (TPSA) is 65.8 Å². The molecule has 4 nitrogen and oxygen atoms in total. The van der Waals surface area contributed by atoms with Gasteiger partial charge in [0.05, 0.1) is 0 Å². The molecule has 0 saturated heterocycles. The zero-order chi connectivity index (χ0) is 9.52. The molecule has 0 amide bonds. The molecular formula is C9H15N3O. The predicted octanol–water partition coefficient (Wildman–Crippen LogP) is 2.84. The van der Waals surface area contributed by atoms with Crippen LogP contribution in [0.5, 0.6) is 0 Å². The van der Waals surface area contributed by atoms with Crippen molar-refractivity contribution in [3.8, 4) is 0 Å². The highest BCUT2D eigenvalue weighted by Crippen LogP contribution is 2.25. The predicted molar refractivity (Wildman–Crippen MR) is 50.2 cm³/mol. The van der Waals surface area contributed by atoms with E-state index in [1.54, 1.807) is 0 Å². The van der Waals surface area contributed by atoms with Crippen LogP contribution in [0.15, 0.2) is 5.11 Å². The van der Waals surface area contributed by atoms with E-state index in [0.717, 1.165) is 38.5 Å². The SMILES string of the molecule is [N-]=[N+]=NCCCCC1CCCC1=O. The zero-order valence-corrected chi connectivity index (χ0v) is 7.78. The Kier molecular flexibility index (Phi) is 4.33. The zero-order valence-electron chi connectivity index (χ0n) is 7.78. The Bertz CT molecular complexity index is 221. The molecule has 0 aromatic carbocycles. The molecule has 0 aliphatic heterocycles. The molecular weight excluding hydrogens is 166 g/mol. The van der Waals surface area contributed by atoms with Gasteiger partial charge in [0.25, 0.3) is 0 Å². The molecule has 13 heavy (non-hydrogen) atoms. The third kappa shape index (κ3) is 3.47. The van der Waals surface area contributed by atoms with Gasteiger partial charge in [0.2, 0.25) is 0 Å². The van der Waals surface area contributed by atoms with E-state index >= 15 is 0 Å². The van der Waals surface area contributed by atoms with E-state index in [-0.39, 0.29) is 0 Å². The molecule has 0 aromatic rings. The van der Waals surface area contributed by atoms with Crippen LogP contribution in [0.3, 0.4) is 0 Å². The van der Waals surface area contributed by atoms with Gasteiger partial charge in [-0.3, -0.25) is 4.79 Å². The van der Waals surface area contributed by atoms with E-state index in [9.17, 15) is 4.79 Å². The van der Waals surface area contributed by atoms with Crippen molar-refractivity contribution in [1.82, 2.24) is 0 Å². The van der Waals surface area contributed by atoms with E-state index < -0.39 is 0 Å². The van der Waals surface area contributed by atoms with Crippen molar-refractivity contribution < 1.29 is 4.79 Å². The van der Waals surface area contributed by atoms with Gasteiger partial charge in [-0.15, -0.1) is 0 Å². The number of nitrogens with zero attached hydrogens (tertiary/aromatic N) is 3. The molecule has 0 spiro atoms. The van der Waals surface area contributed by atoms with E-state index in [0.29, 0.717) is 18.2 Å². The maximum atomic E-state index is 11.2. The quantitative estimate of drug-likeness (QED) is 0.278. The highest BCUT2D eigenvalue weighted by Gasteiger charge is 2.23. The number of rotatable bonds is 5. The average Bonchev–Trinajstić information content (AvgIpc) is 2.52. The average molecular weight is 181 g/mol. The van der Waals surface area contributed by atoms with Crippen LogP contribution in [0.2, 0.25) is 0 Å². The van der Waals surface area contributed by atoms with Gasteiger partial charge in [-0.2, -0.15) is 0 Å². The van der Waals surface area contributed by atoms with Crippen molar-refractivity contribution in [1.29, 1.82) is 0 Å². The minimum absolute atomic E-state index is 0.311. The summed E-state index contributed by atoms with van der Waals surface area (Å²) in [5.41, 5.74) is 8.02. The van der Waals surface area contributed by atoms with Gasteiger partial charge in [-0.05, 0) is 31.2 Å². The molecule has 0 N–H and O–H groups in total. The first kappa shape index (κ1) is 10.1. The van der Waals surface area contributed by atoms with Crippen molar-refractivity contribution in [3.63, 3.8) is 0 Å². The number of hydrogen-bond acceptors (Lipinski definition) is 2. The Labute approximate surface area is 77.9 Å². The first-order valence-electron chi connectivity index (χ1n) is 4.88. The fraction of sp³-hybridized carbons (Fsp3) is 0.889. The van der Waals surface area contributed by atoms with Gasteiger partial charge in [-0.25, -0.2) is 0 Å². The summed E-state index contributed by atoms with van der Waals surface area (Å²) in [7, 11) is 0. The van der Waals surface area contributed by atoms with Crippen LogP contribution in [0, 0.1) is 5.92 Å². The molecule has 1 aliphatic carbocycles. The second kappa shape index (κ2) is 5.60. The maximum Gasteiger partial charge on any atom is 0.135 e. The fourth-order valence-corrected chi connectivity index (χ4v) is 1.81. The molecule has 1 unspecified atom stereocenters. The highest BCUT2D eigenvalue weighted by atomic mass is 16.1. The molecule has 0 radical (unpaired) electrons. The Morgan fingerprint density at radius 1 is 1.54 bits per heavy atom. The van der Waals surface area contributed by atoms with Gasteiger partial charge >= 0.3 is 0 Å². The summed E-state index contributed by atoms with van der Waals surface area (Å²) in [6.45, 7) is 0.567. The molecule has 1 saturated carbocycles. The number of unbranched alkanes of at least 4 members (excludes halogenated alkanes) is 1. The lowest BCUT2D eigenvalue weighted by molar-refractivity contribution is -0.120. The molecule has 1 atom stereocenters. The Morgan fingerprint density at radius 2 is 2.38 bits per heavy atom. The van der Waals surface area contributed by atoms with Crippen molar-refractivity contribution in [2.75, 3.05) is 6.54 Å². The van der Waals surface area contributed by atoms with Crippen LogP contribution >= 0.6 is 0 Å². The van der Waals surface area contributed by atoms with Crippen molar-refractivity contribution in [2.24, 2.45) is 11.0 Å².